The van der Waals surface area contributed by atoms with Crippen LogP contribution in [0.5, 0.6) is 0 Å². The molecule has 1 fully saturated rings. The minimum atomic E-state index is -0.555. The van der Waals surface area contributed by atoms with Gasteiger partial charge in [0.15, 0.2) is 5.82 Å². The monoisotopic (exact) mass is 270 g/mol. The third kappa shape index (κ3) is 2.20. The van der Waals surface area contributed by atoms with Gasteiger partial charge in [0.05, 0.1) is 12.7 Å². The molecule has 96 valence electrons. The fourth-order valence-corrected chi connectivity index (χ4v) is 1.80. The zero-order valence-corrected chi connectivity index (χ0v) is 10.2. The molecule has 4 N–H and O–H groups in total. The van der Waals surface area contributed by atoms with E-state index < -0.39 is 17.9 Å². The summed E-state index contributed by atoms with van der Waals surface area (Å²) in [7, 11) is 0. The SMILES string of the molecule is CC1C(=O)NC(=O)CN1c1nc(NN)ncc1Cl. The Labute approximate surface area is 107 Å². The molecule has 1 aliphatic rings. The molecule has 1 atom stereocenters. The van der Waals surface area contributed by atoms with Gasteiger partial charge in [-0.3, -0.25) is 20.3 Å². The quantitative estimate of drug-likeness (QED) is 0.369. The van der Waals surface area contributed by atoms with E-state index in [4.69, 9.17) is 17.4 Å². The minimum absolute atomic E-state index is 0.00630. The summed E-state index contributed by atoms with van der Waals surface area (Å²) in [5, 5.41) is 2.47. The summed E-state index contributed by atoms with van der Waals surface area (Å²) in [6.45, 7) is 1.64. The molecule has 0 saturated carbocycles. The summed E-state index contributed by atoms with van der Waals surface area (Å²) < 4.78 is 0. The van der Waals surface area contributed by atoms with Crippen molar-refractivity contribution >= 4 is 35.2 Å². The van der Waals surface area contributed by atoms with E-state index in [9.17, 15) is 9.59 Å². The van der Waals surface area contributed by atoms with E-state index in [1.165, 1.54) is 11.1 Å². The number of aromatic nitrogens is 2. The lowest BCUT2D eigenvalue weighted by Crippen LogP contribution is -2.57. The number of carbonyl (C=O) groups excluding carboxylic acids is 2. The zero-order valence-electron chi connectivity index (χ0n) is 9.48. The van der Waals surface area contributed by atoms with Crippen LogP contribution in [0.15, 0.2) is 6.20 Å². The van der Waals surface area contributed by atoms with Crippen molar-refractivity contribution in [2.75, 3.05) is 16.9 Å². The maximum absolute atomic E-state index is 11.6. The first kappa shape index (κ1) is 12.5. The van der Waals surface area contributed by atoms with Gasteiger partial charge < -0.3 is 4.90 Å². The van der Waals surface area contributed by atoms with Crippen LogP contribution in [0.3, 0.4) is 0 Å². The normalized spacial score (nSPS) is 19.7. The maximum atomic E-state index is 11.6. The van der Waals surface area contributed by atoms with Gasteiger partial charge in [-0.2, -0.15) is 4.98 Å². The van der Waals surface area contributed by atoms with Crippen molar-refractivity contribution in [2.45, 2.75) is 13.0 Å². The van der Waals surface area contributed by atoms with E-state index in [1.807, 2.05) is 0 Å². The molecule has 1 unspecified atom stereocenters. The summed E-state index contributed by atoms with van der Waals surface area (Å²) in [5.74, 6) is 4.84. The number of halogens is 1. The predicted octanol–water partition coefficient (Wildman–Crippen LogP) is -0.733. The van der Waals surface area contributed by atoms with E-state index in [0.717, 1.165) is 0 Å². The van der Waals surface area contributed by atoms with Gasteiger partial charge >= 0.3 is 0 Å². The number of nitrogen functional groups attached to an aromatic ring is 1. The molecule has 2 amide bonds. The second-order valence-electron chi connectivity index (χ2n) is 3.73. The van der Waals surface area contributed by atoms with Crippen LogP contribution in [0.25, 0.3) is 0 Å². The predicted molar refractivity (Wildman–Crippen MR) is 64.8 cm³/mol. The first-order valence-corrected chi connectivity index (χ1v) is 5.50. The number of hydrogen-bond donors (Lipinski definition) is 3. The van der Waals surface area contributed by atoms with Crippen molar-refractivity contribution in [1.82, 2.24) is 15.3 Å². The van der Waals surface area contributed by atoms with Crippen LogP contribution in [-0.2, 0) is 9.59 Å². The van der Waals surface area contributed by atoms with Crippen molar-refractivity contribution in [3.05, 3.63) is 11.2 Å². The number of nitrogens with two attached hydrogens (primary N) is 1. The molecule has 1 saturated heterocycles. The molecule has 0 radical (unpaired) electrons. The summed E-state index contributed by atoms with van der Waals surface area (Å²) in [6.07, 6.45) is 1.35. The molecule has 1 aromatic rings. The van der Waals surface area contributed by atoms with Crippen molar-refractivity contribution in [3.63, 3.8) is 0 Å². The molecule has 18 heavy (non-hydrogen) atoms. The highest BCUT2D eigenvalue weighted by Crippen LogP contribution is 2.26. The molecule has 0 aromatic carbocycles. The van der Waals surface area contributed by atoms with Crippen LogP contribution in [0, 0.1) is 0 Å². The summed E-state index contributed by atoms with van der Waals surface area (Å²) in [4.78, 5) is 32.3. The van der Waals surface area contributed by atoms with Crippen LogP contribution in [0.2, 0.25) is 5.02 Å². The van der Waals surface area contributed by atoms with Gasteiger partial charge in [0.1, 0.15) is 11.1 Å². The van der Waals surface area contributed by atoms with Crippen molar-refractivity contribution in [2.24, 2.45) is 5.84 Å². The highest BCUT2D eigenvalue weighted by Gasteiger charge is 2.32. The average molecular weight is 271 g/mol. The first-order chi connectivity index (χ1) is 8.52. The highest BCUT2D eigenvalue weighted by atomic mass is 35.5. The Kier molecular flexibility index (Phi) is 3.30. The number of piperazine rings is 1. The van der Waals surface area contributed by atoms with E-state index in [1.54, 1.807) is 6.92 Å². The molecular weight excluding hydrogens is 260 g/mol. The molecule has 0 spiro atoms. The van der Waals surface area contributed by atoms with Crippen molar-refractivity contribution in [1.29, 1.82) is 0 Å². The average Bonchev–Trinajstić information content (AvgIpc) is 2.34. The van der Waals surface area contributed by atoms with Crippen LogP contribution < -0.4 is 21.5 Å². The van der Waals surface area contributed by atoms with E-state index in [2.05, 4.69) is 20.7 Å². The molecule has 2 heterocycles. The number of imide groups is 1. The number of anilines is 2. The Morgan fingerprint density at radius 1 is 1.61 bits per heavy atom. The smallest absolute Gasteiger partial charge is 0.249 e. The molecule has 1 aromatic heterocycles. The Morgan fingerprint density at radius 2 is 2.33 bits per heavy atom. The maximum Gasteiger partial charge on any atom is 0.249 e. The molecule has 8 nitrogen and oxygen atoms in total. The fraction of sp³-hybridized carbons (Fsp3) is 0.333. The Hall–Kier alpha value is -1.93. The van der Waals surface area contributed by atoms with E-state index in [0.29, 0.717) is 0 Å². The van der Waals surface area contributed by atoms with Crippen molar-refractivity contribution < 1.29 is 9.59 Å². The van der Waals surface area contributed by atoms with Gasteiger partial charge in [0.2, 0.25) is 17.8 Å². The lowest BCUT2D eigenvalue weighted by atomic mass is 10.2. The topological polar surface area (TPSA) is 113 Å². The number of nitrogens with zero attached hydrogens (tertiary/aromatic N) is 3. The third-order valence-electron chi connectivity index (χ3n) is 2.55. The lowest BCUT2D eigenvalue weighted by molar-refractivity contribution is -0.132. The third-order valence-corrected chi connectivity index (χ3v) is 2.82. The van der Waals surface area contributed by atoms with Gasteiger partial charge in [0.25, 0.3) is 0 Å². The Bertz CT molecular complexity index is 508. The first-order valence-electron chi connectivity index (χ1n) is 5.12. The van der Waals surface area contributed by atoms with Gasteiger partial charge in [-0.15, -0.1) is 0 Å². The second-order valence-corrected chi connectivity index (χ2v) is 4.13. The second kappa shape index (κ2) is 4.75. The summed E-state index contributed by atoms with van der Waals surface area (Å²) >= 11 is 5.97. The molecule has 0 aliphatic carbocycles. The number of rotatable bonds is 2. The number of nitrogens with one attached hydrogen (secondary N) is 2. The molecule has 0 bridgehead atoms. The Morgan fingerprint density at radius 3 is 3.00 bits per heavy atom. The van der Waals surface area contributed by atoms with Crippen LogP contribution in [-0.4, -0.2) is 34.4 Å². The zero-order chi connectivity index (χ0) is 13.3. The molecular formula is C9H11ClN6O2. The number of amides is 2. The standard InChI is InChI=1S/C9H11ClN6O2/c1-4-8(18)13-6(17)3-16(4)7-5(10)2-12-9(14-7)15-11/h2,4H,3,11H2,1H3,(H,12,14,15)(H,13,17,18). The van der Waals surface area contributed by atoms with Gasteiger partial charge in [-0.05, 0) is 6.92 Å². The van der Waals surface area contributed by atoms with Crippen molar-refractivity contribution in [3.8, 4) is 0 Å². The summed E-state index contributed by atoms with van der Waals surface area (Å²) in [6, 6.07) is -0.555. The molecule has 1 aliphatic heterocycles. The highest BCUT2D eigenvalue weighted by molar-refractivity contribution is 6.33. The van der Waals surface area contributed by atoms with Crippen LogP contribution >= 0.6 is 11.6 Å². The van der Waals surface area contributed by atoms with Gasteiger partial charge in [-0.25, -0.2) is 10.8 Å². The molecule has 9 heteroatoms. The van der Waals surface area contributed by atoms with E-state index >= 15 is 0 Å². The number of hydrogen-bond acceptors (Lipinski definition) is 7. The minimum Gasteiger partial charge on any atom is -0.334 e. The fourth-order valence-electron chi connectivity index (χ4n) is 1.60. The van der Waals surface area contributed by atoms with Crippen LogP contribution in [0.4, 0.5) is 11.8 Å². The Balaban J connectivity index is 2.40. The van der Waals surface area contributed by atoms with E-state index in [-0.39, 0.29) is 23.3 Å². The van der Waals surface area contributed by atoms with Crippen LogP contribution in [0.1, 0.15) is 6.92 Å². The van der Waals surface area contributed by atoms with Gasteiger partial charge in [-0.1, -0.05) is 11.6 Å². The summed E-state index contributed by atoms with van der Waals surface area (Å²) in [5.41, 5.74) is 2.28. The molecule has 2 rings (SSSR count). The number of hydrazine groups is 1. The van der Waals surface area contributed by atoms with Gasteiger partial charge in [0, 0.05) is 0 Å². The number of carbonyl (C=O) groups is 2. The lowest BCUT2D eigenvalue weighted by Gasteiger charge is -2.32. The largest absolute Gasteiger partial charge is 0.334 e.